The van der Waals surface area contributed by atoms with E-state index in [1.165, 1.54) is 52.0 Å². The van der Waals surface area contributed by atoms with Crippen LogP contribution in [-0.4, -0.2) is 42.7 Å². The van der Waals surface area contributed by atoms with Gasteiger partial charge < -0.3 is 4.74 Å². The van der Waals surface area contributed by atoms with E-state index in [-0.39, 0.29) is 22.8 Å². The number of benzene rings is 3. The number of fused-ring (bicyclic) bond motifs is 1. The third kappa shape index (κ3) is 5.64. The quantitative estimate of drug-likeness (QED) is 0.339. The Kier molecular flexibility index (Phi) is 7.32. The minimum absolute atomic E-state index is 0.0177. The molecule has 1 N–H and O–H groups in total. The summed E-state index contributed by atoms with van der Waals surface area (Å²) in [6, 6.07) is 19.1. The summed E-state index contributed by atoms with van der Waals surface area (Å²) in [5.41, 5.74) is 3.35. The summed E-state index contributed by atoms with van der Waals surface area (Å²) in [6.45, 7) is 0.0188. The van der Waals surface area contributed by atoms with Crippen molar-refractivity contribution in [2.24, 2.45) is 0 Å². The summed E-state index contributed by atoms with van der Waals surface area (Å²) >= 11 is 1.17. The first-order valence-corrected chi connectivity index (χ1v) is 14.0. The number of halogens is 1. The highest BCUT2D eigenvalue weighted by molar-refractivity contribution is 7.89. The zero-order chi connectivity index (χ0) is 26.7. The van der Waals surface area contributed by atoms with Crippen LogP contribution in [0.2, 0.25) is 0 Å². The molecule has 0 spiro atoms. The molecule has 4 aromatic rings. The van der Waals surface area contributed by atoms with E-state index >= 15 is 0 Å². The van der Waals surface area contributed by atoms with E-state index in [4.69, 9.17) is 4.74 Å². The van der Waals surface area contributed by atoms with Crippen molar-refractivity contribution in [3.63, 3.8) is 0 Å². The number of amides is 1. The van der Waals surface area contributed by atoms with Gasteiger partial charge in [-0.05, 0) is 60.0 Å². The summed E-state index contributed by atoms with van der Waals surface area (Å²) in [7, 11) is -3.84. The molecule has 194 valence electrons. The van der Waals surface area contributed by atoms with Crippen LogP contribution in [0.15, 0.2) is 83.1 Å². The van der Waals surface area contributed by atoms with E-state index in [1.807, 2.05) is 24.3 Å². The van der Waals surface area contributed by atoms with Crippen LogP contribution in [0.3, 0.4) is 0 Å². The molecule has 0 radical (unpaired) electrons. The average Bonchev–Trinajstić information content (AvgIpc) is 3.40. The lowest BCUT2D eigenvalue weighted by Crippen LogP contribution is -2.36. The summed E-state index contributed by atoms with van der Waals surface area (Å²) in [5.74, 6) is -1.79. The maximum atomic E-state index is 13.2. The fourth-order valence-corrected chi connectivity index (χ4v) is 6.26. The highest BCUT2D eigenvalue weighted by atomic mass is 32.2. The topological polar surface area (TPSA) is 106 Å². The van der Waals surface area contributed by atoms with E-state index in [0.717, 1.165) is 11.1 Å². The number of thiazole rings is 1. The molecule has 38 heavy (non-hydrogen) atoms. The van der Waals surface area contributed by atoms with E-state index in [1.54, 1.807) is 17.5 Å². The van der Waals surface area contributed by atoms with E-state index in [2.05, 4.69) is 10.3 Å². The van der Waals surface area contributed by atoms with Gasteiger partial charge in [0.15, 0.2) is 11.7 Å². The van der Waals surface area contributed by atoms with Crippen LogP contribution < -0.4 is 5.32 Å². The molecule has 0 aliphatic carbocycles. The van der Waals surface area contributed by atoms with Crippen molar-refractivity contribution < 1.29 is 27.1 Å². The number of anilines is 1. The molecule has 8 nitrogen and oxygen atoms in total. The zero-order valence-corrected chi connectivity index (χ0v) is 21.6. The third-order valence-corrected chi connectivity index (χ3v) is 8.63. The van der Waals surface area contributed by atoms with Crippen molar-refractivity contribution >= 4 is 38.4 Å². The number of nitrogens with one attached hydrogen (secondary N) is 1. The van der Waals surface area contributed by atoms with Crippen LogP contribution in [0.25, 0.3) is 11.3 Å². The molecule has 3 aromatic carbocycles. The highest BCUT2D eigenvalue weighted by Gasteiger charge is 2.29. The Morgan fingerprint density at radius 1 is 1.03 bits per heavy atom. The number of ether oxygens (including phenoxy) is 1. The number of carbonyl (C=O) groups is 2. The maximum Gasteiger partial charge on any atom is 0.338 e. The van der Waals surface area contributed by atoms with Crippen molar-refractivity contribution in [2.75, 3.05) is 18.5 Å². The predicted octanol–water partition coefficient (Wildman–Crippen LogP) is 4.49. The first-order chi connectivity index (χ1) is 18.3. The summed E-state index contributed by atoms with van der Waals surface area (Å²) in [6.07, 6.45) is 0.608. The molecule has 0 unspecified atom stereocenters. The van der Waals surface area contributed by atoms with E-state index in [9.17, 15) is 22.4 Å². The average molecular weight is 552 g/mol. The fraction of sp³-hybridized carbons (Fsp3) is 0.148. The molecular weight excluding hydrogens is 529 g/mol. The molecule has 0 saturated heterocycles. The van der Waals surface area contributed by atoms with Crippen molar-refractivity contribution in [1.82, 2.24) is 9.29 Å². The van der Waals surface area contributed by atoms with Gasteiger partial charge in [-0.1, -0.05) is 30.3 Å². The van der Waals surface area contributed by atoms with Crippen LogP contribution in [0.1, 0.15) is 21.5 Å². The van der Waals surface area contributed by atoms with Gasteiger partial charge in [0.1, 0.15) is 5.82 Å². The lowest BCUT2D eigenvalue weighted by atomic mass is 10.0. The Labute approximate surface area is 222 Å². The van der Waals surface area contributed by atoms with Crippen molar-refractivity contribution in [3.05, 3.63) is 101 Å². The Hall–Kier alpha value is -3.93. The smallest absolute Gasteiger partial charge is 0.338 e. The second-order valence-electron chi connectivity index (χ2n) is 8.55. The Bertz CT molecular complexity index is 1600. The van der Waals surface area contributed by atoms with Crippen LogP contribution in [0.4, 0.5) is 9.52 Å². The number of aromatic nitrogens is 1. The molecule has 1 aromatic heterocycles. The number of nitrogens with zero attached hydrogens (tertiary/aromatic N) is 2. The maximum absolute atomic E-state index is 13.2. The molecule has 1 aliphatic heterocycles. The number of hydrogen-bond donors (Lipinski definition) is 1. The second kappa shape index (κ2) is 10.8. The molecule has 0 saturated carbocycles. The second-order valence-corrected chi connectivity index (χ2v) is 11.4. The van der Waals surface area contributed by atoms with Gasteiger partial charge in [0.2, 0.25) is 10.0 Å². The SMILES string of the molecule is O=C(COC(=O)c1cccc(S(=O)(=O)N2CCc3ccccc3C2)c1)Nc1nc(-c2ccc(F)cc2)cs1. The minimum Gasteiger partial charge on any atom is -0.452 e. The predicted molar refractivity (Wildman–Crippen MR) is 141 cm³/mol. The van der Waals surface area contributed by atoms with Gasteiger partial charge in [0.05, 0.1) is 16.2 Å². The molecule has 0 atom stereocenters. The van der Waals surface area contributed by atoms with Gasteiger partial charge in [0, 0.05) is 24.0 Å². The number of hydrogen-bond acceptors (Lipinski definition) is 7. The molecule has 2 heterocycles. The Balaban J connectivity index is 1.19. The lowest BCUT2D eigenvalue weighted by molar-refractivity contribution is -0.119. The molecule has 5 rings (SSSR count). The largest absolute Gasteiger partial charge is 0.452 e. The van der Waals surface area contributed by atoms with Gasteiger partial charge in [-0.15, -0.1) is 11.3 Å². The van der Waals surface area contributed by atoms with Crippen LogP contribution in [0, 0.1) is 5.82 Å². The number of sulfonamides is 1. The molecule has 0 fully saturated rings. The van der Waals surface area contributed by atoms with E-state index < -0.39 is 28.5 Å². The normalized spacial score (nSPS) is 13.5. The standard InChI is InChI=1S/C27H22FN3O5S2/c28-22-10-8-19(9-11-22)24-17-37-27(29-24)30-25(32)16-36-26(33)20-6-3-7-23(14-20)38(34,35)31-13-12-18-4-1-2-5-21(18)15-31/h1-11,14,17H,12-13,15-16H2,(H,29,30,32). The van der Waals surface area contributed by atoms with Crippen molar-refractivity contribution in [2.45, 2.75) is 17.9 Å². The Morgan fingerprint density at radius 2 is 1.79 bits per heavy atom. The number of rotatable bonds is 7. The van der Waals surface area contributed by atoms with Gasteiger partial charge in [-0.25, -0.2) is 22.6 Å². The highest BCUT2D eigenvalue weighted by Crippen LogP contribution is 2.26. The van der Waals surface area contributed by atoms with Crippen LogP contribution in [-0.2, 0) is 32.5 Å². The van der Waals surface area contributed by atoms with Crippen molar-refractivity contribution in [1.29, 1.82) is 0 Å². The van der Waals surface area contributed by atoms with Gasteiger partial charge in [0.25, 0.3) is 5.91 Å². The van der Waals surface area contributed by atoms with Gasteiger partial charge in [-0.3, -0.25) is 10.1 Å². The summed E-state index contributed by atoms with van der Waals surface area (Å²) in [4.78, 5) is 29.1. The van der Waals surface area contributed by atoms with Crippen molar-refractivity contribution in [3.8, 4) is 11.3 Å². The lowest BCUT2D eigenvalue weighted by Gasteiger charge is -2.28. The first-order valence-electron chi connectivity index (χ1n) is 11.6. The zero-order valence-electron chi connectivity index (χ0n) is 20.0. The number of carbonyl (C=O) groups excluding carboxylic acids is 2. The Morgan fingerprint density at radius 3 is 2.58 bits per heavy atom. The summed E-state index contributed by atoms with van der Waals surface area (Å²) in [5, 5.41) is 4.55. The third-order valence-electron chi connectivity index (χ3n) is 6.03. The fourth-order valence-electron chi connectivity index (χ4n) is 4.06. The van der Waals surface area contributed by atoms with Crippen LogP contribution >= 0.6 is 11.3 Å². The monoisotopic (exact) mass is 551 g/mol. The molecule has 11 heteroatoms. The molecule has 1 amide bonds. The summed E-state index contributed by atoms with van der Waals surface area (Å²) < 4.78 is 46.1. The molecule has 1 aliphatic rings. The van der Waals surface area contributed by atoms with Gasteiger partial charge in [-0.2, -0.15) is 4.31 Å². The first kappa shape index (κ1) is 25.7. The van der Waals surface area contributed by atoms with Gasteiger partial charge >= 0.3 is 5.97 Å². The van der Waals surface area contributed by atoms with E-state index in [0.29, 0.717) is 29.4 Å². The molecular formula is C27H22FN3O5S2. The number of esters is 1. The molecule has 0 bridgehead atoms. The van der Waals surface area contributed by atoms with Crippen LogP contribution in [0.5, 0.6) is 0 Å². The minimum atomic E-state index is -3.84.